The van der Waals surface area contributed by atoms with Gasteiger partial charge in [0.05, 0.1) is 17.6 Å². The van der Waals surface area contributed by atoms with Crippen LogP contribution < -0.4 is 5.32 Å². The van der Waals surface area contributed by atoms with Crippen molar-refractivity contribution in [2.45, 2.75) is 25.8 Å². The zero-order chi connectivity index (χ0) is 16.4. The highest BCUT2D eigenvalue weighted by Gasteiger charge is 2.14. The molecule has 0 aromatic carbocycles. The molecule has 23 heavy (non-hydrogen) atoms. The van der Waals surface area contributed by atoms with Crippen LogP contribution in [-0.4, -0.2) is 26.6 Å². The largest absolute Gasteiger partial charge is 0.324 e. The Kier molecular flexibility index (Phi) is 4.58. The summed E-state index contributed by atoms with van der Waals surface area (Å²) in [5.41, 5.74) is 2.93. The highest BCUT2D eigenvalue weighted by Crippen LogP contribution is 2.34. The summed E-state index contributed by atoms with van der Waals surface area (Å²) in [5, 5.41) is 4.80. The number of aromatic nitrogens is 3. The predicted octanol–water partition coefficient (Wildman–Crippen LogP) is 3.74. The van der Waals surface area contributed by atoms with Crippen LogP contribution in [0.25, 0.3) is 10.2 Å². The molecule has 0 spiro atoms. The van der Waals surface area contributed by atoms with Crippen molar-refractivity contribution >= 4 is 44.9 Å². The highest BCUT2D eigenvalue weighted by molar-refractivity contribution is 8.00. The van der Waals surface area contributed by atoms with Crippen molar-refractivity contribution in [3.05, 3.63) is 40.8 Å². The number of nitrogens with one attached hydrogen (secondary N) is 1. The third kappa shape index (κ3) is 3.35. The average molecular weight is 344 g/mol. The van der Waals surface area contributed by atoms with Crippen LogP contribution in [0.5, 0.6) is 0 Å². The summed E-state index contributed by atoms with van der Waals surface area (Å²) in [6, 6.07) is 1.87. The van der Waals surface area contributed by atoms with E-state index in [0.717, 1.165) is 26.5 Å². The molecule has 3 aromatic rings. The van der Waals surface area contributed by atoms with Crippen LogP contribution in [0.4, 0.5) is 5.69 Å². The van der Waals surface area contributed by atoms with Crippen LogP contribution in [0.1, 0.15) is 16.0 Å². The van der Waals surface area contributed by atoms with Gasteiger partial charge in [0, 0.05) is 16.5 Å². The van der Waals surface area contributed by atoms with Gasteiger partial charge in [-0.3, -0.25) is 9.78 Å². The third-order valence-corrected chi connectivity index (χ3v) is 5.69. The van der Waals surface area contributed by atoms with Crippen LogP contribution >= 0.6 is 23.1 Å². The fourth-order valence-electron chi connectivity index (χ4n) is 2.17. The molecule has 0 aliphatic carbocycles. The number of thioether (sulfide) groups is 1. The van der Waals surface area contributed by atoms with Gasteiger partial charge in [-0.05, 0) is 38.0 Å². The minimum atomic E-state index is -0.0672. The number of thiophene rings is 1. The number of fused-ring (bicyclic) bond motifs is 1. The van der Waals surface area contributed by atoms with Crippen molar-refractivity contribution in [3.8, 4) is 0 Å². The van der Waals surface area contributed by atoms with E-state index >= 15 is 0 Å². The van der Waals surface area contributed by atoms with Gasteiger partial charge in [0.2, 0.25) is 5.91 Å². The number of aryl methyl sites for hydroxylation is 3. The number of carbonyl (C=O) groups is 1. The maximum absolute atomic E-state index is 12.2. The van der Waals surface area contributed by atoms with E-state index in [0.29, 0.717) is 5.75 Å². The number of rotatable bonds is 4. The van der Waals surface area contributed by atoms with E-state index in [2.05, 4.69) is 34.1 Å². The normalized spacial score (nSPS) is 10.9. The van der Waals surface area contributed by atoms with Gasteiger partial charge in [0.15, 0.2) is 0 Å². The number of pyridine rings is 1. The molecule has 118 valence electrons. The van der Waals surface area contributed by atoms with Crippen molar-refractivity contribution in [2.24, 2.45) is 0 Å². The number of carbonyl (C=O) groups excluding carboxylic acids is 1. The van der Waals surface area contributed by atoms with Gasteiger partial charge >= 0.3 is 0 Å². The molecular formula is C16H16N4OS2. The fourth-order valence-corrected chi connectivity index (χ4v) is 4.09. The Labute approximate surface area is 142 Å². The van der Waals surface area contributed by atoms with Gasteiger partial charge in [-0.25, -0.2) is 9.97 Å². The molecule has 7 heteroatoms. The van der Waals surface area contributed by atoms with E-state index in [1.807, 2.05) is 13.0 Å². The van der Waals surface area contributed by atoms with E-state index < -0.39 is 0 Å². The molecule has 3 aromatic heterocycles. The van der Waals surface area contributed by atoms with Crippen LogP contribution in [0, 0.1) is 20.8 Å². The van der Waals surface area contributed by atoms with Gasteiger partial charge in [-0.2, -0.15) is 0 Å². The van der Waals surface area contributed by atoms with E-state index in [1.165, 1.54) is 22.2 Å². The molecule has 0 unspecified atom stereocenters. The quantitative estimate of drug-likeness (QED) is 0.577. The summed E-state index contributed by atoms with van der Waals surface area (Å²) in [6.07, 6.45) is 4.93. The van der Waals surface area contributed by atoms with Gasteiger partial charge < -0.3 is 5.32 Å². The van der Waals surface area contributed by atoms with Crippen LogP contribution in [0.3, 0.4) is 0 Å². The summed E-state index contributed by atoms with van der Waals surface area (Å²) >= 11 is 3.09. The molecule has 1 amide bonds. The molecule has 0 atom stereocenters. The van der Waals surface area contributed by atoms with Crippen molar-refractivity contribution in [3.63, 3.8) is 0 Å². The van der Waals surface area contributed by atoms with Gasteiger partial charge in [-0.1, -0.05) is 11.8 Å². The Bertz CT molecular complexity index is 876. The Balaban J connectivity index is 1.74. The summed E-state index contributed by atoms with van der Waals surface area (Å²) in [7, 11) is 0. The van der Waals surface area contributed by atoms with Crippen LogP contribution in [0.15, 0.2) is 29.8 Å². The lowest BCUT2D eigenvalue weighted by Crippen LogP contribution is -2.15. The zero-order valence-electron chi connectivity index (χ0n) is 13.1. The van der Waals surface area contributed by atoms with Gasteiger partial charge in [0.25, 0.3) is 0 Å². The van der Waals surface area contributed by atoms with E-state index in [1.54, 1.807) is 30.1 Å². The third-order valence-electron chi connectivity index (χ3n) is 3.58. The zero-order valence-corrected chi connectivity index (χ0v) is 14.7. The lowest BCUT2D eigenvalue weighted by molar-refractivity contribution is -0.113. The Hall–Kier alpha value is -1.99. The van der Waals surface area contributed by atoms with E-state index in [9.17, 15) is 4.79 Å². The topological polar surface area (TPSA) is 67.8 Å². The van der Waals surface area contributed by atoms with Crippen molar-refractivity contribution in [1.82, 2.24) is 15.0 Å². The Morgan fingerprint density at radius 2 is 2.13 bits per heavy atom. The second-order valence-electron chi connectivity index (χ2n) is 5.17. The highest BCUT2D eigenvalue weighted by atomic mass is 32.2. The second kappa shape index (κ2) is 6.64. The first-order valence-electron chi connectivity index (χ1n) is 7.10. The van der Waals surface area contributed by atoms with Crippen molar-refractivity contribution in [2.75, 3.05) is 11.1 Å². The molecule has 0 aliphatic heterocycles. The molecule has 0 bridgehead atoms. The predicted molar refractivity (Wildman–Crippen MR) is 95.2 cm³/mol. The second-order valence-corrected chi connectivity index (χ2v) is 7.34. The summed E-state index contributed by atoms with van der Waals surface area (Å²) in [6.45, 7) is 6.09. The SMILES string of the molecule is Cc1ccncc1NC(=O)CSc1ncnc2sc(C)c(C)c12. The minimum Gasteiger partial charge on any atom is -0.324 e. The minimum absolute atomic E-state index is 0.0672. The molecule has 1 N–H and O–H groups in total. The summed E-state index contributed by atoms with van der Waals surface area (Å²) in [4.78, 5) is 27.1. The molecule has 0 radical (unpaired) electrons. The fraction of sp³-hybridized carbons (Fsp3) is 0.250. The van der Waals surface area contributed by atoms with Crippen LogP contribution in [0.2, 0.25) is 0 Å². The molecule has 0 aliphatic rings. The monoisotopic (exact) mass is 344 g/mol. The summed E-state index contributed by atoms with van der Waals surface area (Å²) in [5.74, 6) is 0.233. The number of nitrogens with zero attached hydrogens (tertiary/aromatic N) is 3. The number of hydrogen-bond acceptors (Lipinski definition) is 6. The molecule has 0 saturated carbocycles. The maximum Gasteiger partial charge on any atom is 0.234 e. The molecule has 0 fully saturated rings. The Morgan fingerprint density at radius 1 is 1.30 bits per heavy atom. The first kappa shape index (κ1) is 15.9. The molecular weight excluding hydrogens is 328 g/mol. The molecule has 5 nitrogen and oxygen atoms in total. The lowest BCUT2D eigenvalue weighted by Gasteiger charge is -2.07. The molecule has 3 rings (SSSR count). The molecule has 3 heterocycles. The summed E-state index contributed by atoms with van der Waals surface area (Å²) < 4.78 is 0. The van der Waals surface area contributed by atoms with E-state index in [-0.39, 0.29) is 5.91 Å². The Morgan fingerprint density at radius 3 is 2.91 bits per heavy atom. The standard InChI is InChI=1S/C16H16N4OS2/c1-9-4-5-17-6-12(9)20-13(21)7-22-15-14-10(2)11(3)23-16(14)19-8-18-15/h4-6,8H,7H2,1-3H3,(H,20,21). The first-order chi connectivity index (χ1) is 11.1. The van der Waals surface area contributed by atoms with E-state index in [4.69, 9.17) is 0 Å². The maximum atomic E-state index is 12.2. The van der Waals surface area contributed by atoms with Crippen LogP contribution in [-0.2, 0) is 4.79 Å². The number of hydrogen-bond donors (Lipinski definition) is 1. The first-order valence-corrected chi connectivity index (χ1v) is 8.90. The van der Waals surface area contributed by atoms with Crippen molar-refractivity contribution in [1.29, 1.82) is 0 Å². The lowest BCUT2D eigenvalue weighted by atomic mass is 10.2. The average Bonchev–Trinajstić information content (AvgIpc) is 2.83. The smallest absolute Gasteiger partial charge is 0.234 e. The van der Waals surface area contributed by atoms with Gasteiger partial charge in [0.1, 0.15) is 16.2 Å². The number of amides is 1. The number of anilines is 1. The van der Waals surface area contributed by atoms with Crippen molar-refractivity contribution < 1.29 is 4.79 Å². The molecule has 0 saturated heterocycles. The van der Waals surface area contributed by atoms with Gasteiger partial charge in [-0.15, -0.1) is 11.3 Å².